The molecule has 0 saturated heterocycles. The number of imidazole rings is 1. The standard InChI is InChI=1S/C35H36N4O3/c40-33(37-28-10-6-9-27(18-28)34(41)42-22-23-7-2-1-3-8-23)31-29(38-32(39-31)30-11-4-5-14-36-30)12-13-35-19-24-15-25(20-35)17-26(16-24)21-35/h1-11,14,18,24-26H,12-13,15-17,19-22H2,(H,37,40)(H,38,39). The minimum Gasteiger partial charge on any atom is -0.457 e. The van der Waals surface area contributed by atoms with Crippen LogP contribution in [0, 0.1) is 23.2 Å². The Balaban J connectivity index is 1.09. The summed E-state index contributed by atoms with van der Waals surface area (Å²) in [7, 11) is 0. The average Bonchev–Trinajstić information content (AvgIpc) is 3.44. The molecule has 42 heavy (non-hydrogen) atoms. The van der Waals surface area contributed by atoms with Crippen LogP contribution in [0.25, 0.3) is 11.5 Å². The molecule has 7 heteroatoms. The summed E-state index contributed by atoms with van der Waals surface area (Å²) in [4.78, 5) is 39.0. The van der Waals surface area contributed by atoms with Crippen LogP contribution < -0.4 is 5.32 Å². The van der Waals surface area contributed by atoms with Crippen LogP contribution in [0.1, 0.15) is 77.0 Å². The van der Waals surface area contributed by atoms with Gasteiger partial charge in [-0.05, 0) is 110 Å². The van der Waals surface area contributed by atoms with E-state index in [0.29, 0.717) is 33.9 Å². The Bertz CT molecular complexity index is 1550. The first-order valence-corrected chi connectivity index (χ1v) is 15.1. The lowest BCUT2D eigenvalue weighted by Gasteiger charge is -2.57. The fourth-order valence-electron chi connectivity index (χ4n) is 8.11. The zero-order valence-electron chi connectivity index (χ0n) is 23.7. The molecule has 2 aromatic carbocycles. The highest BCUT2D eigenvalue weighted by Gasteiger charge is 2.50. The van der Waals surface area contributed by atoms with E-state index >= 15 is 0 Å². The molecule has 2 aromatic heterocycles. The number of hydrogen-bond donors (Lipinski definition) is 2. The van der Waals surface area contributed by atoms with Gasteiger partial charge in [0.2, 0.25) is 0 Å². The number of ether oxygens (including phenoxy) is 1. The van der Waals surface area contributed by atoms with Crippen molar-refractivity contribution in [2.75, 3.05) is 5.32 Å². The number of hydrogen-bond acceptors (Lipinski definition) is 5. The molecule has 0 unspecified atom stereocenters. The number of benzene rings is 2. The van der Waals surface area contributed by atoms with E-state index in [2.05, 4.69) is 15.3 Å². The van der Waals surface area contributed by atoms with Crippen molar-refractivity contribution >= 4 is 17.6 Å². The number of nitrogens with one attached hydrogen (secondary N) is 2. The summed E-state index contributed by atoms with van der Waals surface area (Å²) in [6.45, 7) is 0.187. The van der Waals surface area contributed by atoms with Gasteiger partial charge < -0.3 is 15.0 Å². The fraction of sp³-hybridized carbons (Fsp3) is 0.371. The second-order valence-electron chi connectivity index (χ2n) is 12.6. The highest BCUT2D eigenvalue weighted by molar-refractivity contribution is 6.04. The van der Waals surface area contributed by atoms with Gasteiger partial charge in [-0.1, -0.05) is 42.5 Å². The number of aromatic amines is 1. The molecule has 2 N–H and O–H groups in total. The molecule has 2 heterocycles. The number of carbonyl (C=O) groups excluding carboxylic acids is 2. The number of pyridine rings is 1. The maximum absolute atomic E-state index is 13.7. The number of amides is 1. The SMILES string of the molecule is O=C(OCc1ccccc1)c1cccc(NC(=O)c2nc(-c3ccccn3)[nH]c2CCC23CC4CC(CC(C4)C2)C3)c1. The van der Waals surface area contributed by atoms with Gasteiger partial charge in [-0.15, -0.1) is 0 Å². The van der Waals surface area contributed by atoms with Crippen LogP contribution in [0.3, 0.4) is 0 Å². The van der Waals surface area contributed by atoms with Crippen LogP contribution in [0.4, 0.5) is 5.69 Å². The van der Waals surface area contributed by atoms with Crippen LogP contribution >= 0.6 is 0 Å². The van der Waals surface area contributed by atoms with Crippen molar-refractivity contribution in [3.05, 3.63) is 102 Å². The van der Waals surface area contributed by atoms with E-state index in [-0.39, 0.29) is 12.5 Å². The van der Waals surface area contributed by atoms with Crippen LogP contribution in [-0.4, -0.2) is 26.8 Å². The van der Waals surface area contributed by atoms with Crippen molar-refractivity contribution in [2.24, 2.45) is 23.2 Å². The van der Waals surface area contributed by atoms with Crippen molar-refractivity contribution in [1.82, 2.24) is 15.0 Å². The fourth-order valence-corrected chi connectivity index (χ4v) is 8.11. The minimum absolute atomic E-state index is 0.187. The molecule has 0 atom stereocenters. The molecule has 4 aliphatic rings. The number of carbonyl (C=O) groups is 2. The van der Waals surface area contributed by atoms with Gasteiger partial charge in [-0.25, -0.2) is 9.78 Å². The van der Waals surface area contributed by atoms with E-state index in [9.17, 15) is 9.59 Å². The molecule has 1 amide bonds. The molecule has 0 radical (unpaired) electrons. The highest BCUT2D eigenvalue weighted by atomic mass is 16.5. The van der Waals surface area contributed by atoms with Crippen LogP contribution in [-0.2, 0) is 17.8 Å². The second-order valence-corrected chi connectivity index (χ2v) is 12.6. The normalized spacial score (nSPS) is 24.0. The summed E-state index contributed by atoms with van der Waals surface area (Å²) in [6, 6.07) is 22.1. The molecule has 8 rings (SSSR count). The Kier molecular flexibility index (Phi) is 7.10. The number of nitrogens with zero attached hydrogens (tertiary/aromatic N) is 2. The zero-order valence-corrected chi connectivity index (χ0v) is 23.7. The molecule has 0 spiro atoms. The first kappa shape index (κ1) is 26.6. The summed E-state index contributed by atoms with van der Waals surface area (Å²) in [5.74, 6) is 2.51. The summed E-state index contributed by atoms with van der Waals surface area (Å²) in [6.07, 6.45) is 11.8. The Morgan fingerprint density at radius 3 is 2.36 bits per heavy atom. The number of aromatic nitrogens is 3. The molecular formula is C35H36N4O3. The summed E-state index contributed by atoms with van der Waals surface area (Å²) in [5.41, 5.74) is 4.15. The van der Waals surface area contributed by atoms with Crippen LogP contribution in [0.2, 0.25) is 0 Å². The van der Waals surface area contributed by atoms with E-state index < -0.39 is 5.97 Å². The van der Waals surface area contributed by atoms with Gasteiger partial charge in [0.15, 0.2) is 5.82 Å². The van der Waals surface area contributed by atoms with Gasteiger partial charge in [-0.2, -0.15) is 0 Å². The molecular weight excluding hydrogens is 524 g/mol. The maximum Gasteiger partial charge on any atom is 0.338 e. The average molecular weight is 561 g/mol. The van der Waals surface area contributed by atoms with E-state index in [1.165, 1.54) is 38.5 Å². The third kappa shape index (κ3) is 5.60. The molecule has 4 fully saturated rings. The number of esters is 1. The number of aryl methyl sites for hydroxylation is 1. The number of rotatable bonds is 9. The van der Waals surface area contributed by atoms with E-state index in [1.54, 1.807) is 30.5 Å². The third-order valence-corrected chi connectivity index (χ3v) is 9.54. The smallest absolute Gasteiger partial charge is 0.338 e. The topological polar surface area (TPSA) is 97.0 Å². The van der Waals surface area contributed by atoms with Crippen LogP contribution in [0.15, 0.2) is 79.0 Å². The first-order chi connectivity index (χ1) is 20.5. The monoisotopic (exact) mass is 560 g/mol. The Morgan fingerprint density at radius 1 is 0.905 bits per heavy atom. The Morgan fingerprint density at radius 2 is 1.64 bits per heavy atom. The van der Waals surface area contributed by atoms with Crippen molar-refractivity contribution < 1.29 is 14.3 Å². The van der Waals surface area contributed by atoms with Crippen molar-refractivity contribution in [3.8, 4) is 11.5 Å². The molecule has 4 aromatic rings. The van der Waals surface area contributed by atoms with Gasteiger partial charge >= 0.3 is 5.97 Å². The molecule has 4 saturated carbocycles. The van der Waals surface area contributed by atoms with E-state index in [0.717, 1.165) is 41.9 Å². The summed E-state index contributed by atoms with van der Waals surface area (Å²) < 4.78 is 5.49. The van der Waals surface area contributed by atoms with Gasteiger partial charge in [0, 0.05) is 17.6 Å². The highest BCUT2D eigenvalue weighted by Crippen LogP contribution is 2.61. The zero-order chi connectivity index (χ0) is 28.5. The van der Waals surface area contributed by atoms with E-state index in [4.69, 9.17) is 9.72 Å². The largest absolute Gasteiger partial charge is 0.457 e. The second kappa shape index (κ2) is 11.2. The predicted molar refractivity (Wildman–Crippen MR) is 161 cm³/mol. The van der Waals surface area contributed by atoms with Crippen molar-refractivity contribution in [3.63, 3.8) is 0 Å². The minimum atomic E-state index is -0.441. The number of anilines is 1. The summed E-state index contributed by atoms with van der Waals surface area (Å²) >= 11 is 0. The lowest BCUT2D eigenvalue weighted by atomic mass is 9.48. The Hall–Kier alpha value is -4.26. The molecule has 0 aliphatic heterocycles. The van der Waals surface area contributed by atoms with Gasteiger partial charge in [0.25, 0.3) is 5.91 Å². The maximum atomic E-state index is 13.7. The Labute approximate surface area is 246 Å². The third-order valence-electron chi connectivity index (χ3n) is 9.54. The first-order valence-electron chi connectivity index (χ1n) is 15.1. The predicted octanol–water partition coefficient (Wildman–Crippen LogP) is 7.23. The molecule has 4 aliphatic carbocycles. The number of H-pyrrole nitrogens is 1. The van der Waals surface area contributed by atoms with Gasteiger partial charge in [0.05, 0.1) is 5.56 Å². The summed E-state index contributed by atoms with van der Waals surface area (Å²) in [5, 5.41) is 2.98. The quantitative estimate of drug-likeness (QED) is 0.211. The van der Waals surface area contributed by atoms with Gasteiger partial charge in [0.1, 0.15) is 18.0 Å². The van der Waals surface area contributed by atoms with Crippen LogP contribution in [0.5, 0.6) is 0 Å². The van der Waals surface area contributed by atoms with E-state index in [1.807, 2.05) is 48.5 Å². The van der Waals surface area contributed by atoms with Gasteiger partial charge in [-0.3, -0.25) is 9.78 Å². The lowest BCUT2D eigenvalue weighted by molar-refractivity contribution is -0.0570. The van der Waals surface area contributed by atoms with Crippen molar-refractivity contribution in [1.29, 1.82) is 0 Å². The molecule has 214 valence electrons. The lowest BCUT2D eigenvalue weighted by Crippen LogP contribution is -2.46. The van der Waals surface area contributed by atoms with Crippen molar-refractivity contribution in [2.45, 2.75) is 58.0 Å². The molecule has 4 bridgehead atoms. The molecule has 7 nitrogen and oxygen atoms in total.